The molecular weight excluding hydrogens is 718 g/mol. The van der Waals surface area contributed by atoms with Gasteiger partial charge in [-0.25, -0.2) is 0 Å². The number of carbonyl (C=O) groups excluding carboxylic acids is 3. The van der Waals surface area contributed by atoms with E-state index in [1.165, 1.54) is 6.08 Å². The third-order valence-electron chi connectivity index (χ3n) is 7.42. The first-order valence-electron chi connectivity index (χ1n) is 18.1. The molecule has 0 amide bonds. The fraction of sp³-hybridized carbons (Fsp3) is 0.488. The van der Waals surface area contributed by atoms with Gasteiger partial charge in [-0.1, -0.05) is 40.3 Å². The van der Waals surface area contributed by atoms with E-state index >= 15 is 0 Å². The normalized spacial score (nSPS) is 10.2. The number of hydrogen-bond acceptors (Lipinski definition) is 14. The molecular formula is C41H61N7O8. The van der Waals surface area contributed by atoms with Gasteiger partial charge in [-0.3, -0.25) is 30.6 Å². The topological polar surface area (TPSA) is 209 Å². The average Bonchev–Trinajstić information content (AvgIpc) is 3.17. The molecule has 308 valence electrons. The van der Waals surface area contributed by atoms with Crippen LogP contribution in [0.1, 0.15) is 84.3 Å². The first-order valence-corrected chi connectivity index (χ1v) is 18.1. The van der Waals surface area contributed by atoms with Crippen molar-refractivity contribution in [3.8, 4) is 17.9 Å². The number of methoxy groups -OCH3 is 2. The molecule has 0 spiro atoms. The van der Waals surface area contributed by atoms with Crippen molar-refractivity contribution in [3.63, 3.8) is 0 Å². The third-order valence-corrected chi connectivity index (χ3v) is 7.42. The number of carbonyl (C=O) groups is 3. The lowest BCUT2D eigenvalue weighted by atomic mass is 9.84. The number of aldehydes is 2. The molecule has 2 aromatic carbocycles. The number of benzene rings is 2. The molecule has 15 heteroatoms. The van der Waals surface area contributed by atoms with Crippen molar-refractivity contribution in [1.29, 1.82) is 10.5 Å². The SMILES string of the molecule is C=CC.C=CC=O.CC(CC=O)CC(C)(C)C.CNc1cc(N(CCCCOC)CCCCOC=O)c(OC)cc1NNc1c(C#N)cc([N+](=O)[O-])cc1C#N. The number of nitrogens with zero attached hydrogens (tertiary/aromatic N) is 4. The predicted octanol–water partition coefficient (Wildman–Crippen LogP) is 8.22. The van der Waals surface area contributed by atoms with Crippen LogP contribution in [0.4, 0.5) is 28.4 Å². The van der Waals surface area contributed by atoms with E-state index in [4.69, 9.17) is 19.0 Å². The Morgan fingerprint density at radius 2 is 1.50 bits per heavy atom. The highest BCUT2D eigenvalue weighted by Crippen LogP contribution is 2.38. The number of allylic oxidation sites excluding steroid dienone is 2. The number of anilines is 4. The summed E-state index contributed by atoms with van der Waals surface area (Å²) in [5.41, 5.74) is 8.00. The molecule has 0 aliphatic rings. The fourth-order valence-electron chi connectivity index (χ4n) is 5.19. The molecule has 1 atom stereocenters. The first-order chi connectivity index (χ1) is 26.7. The molecule has 3 N–H and O–H groups in total. The summed E-state index contributed by atoms with van der Waals surface area (Å²) in [5, 5.41) is 33.4. The molecule has 0 radical (unpaired) electrons. The largest absolute Gasteiger partial charge is 0.495 e. The number of nitrogens with one attached hydrogen (secondary N) is 3. The van der Waals surface area contributed by atoms with Crippen LogP contribution in [-0.4, -0.2) is 71.5 Å². The zero-order valence-electron chi connectivity index (χ0n) is 34.3. The van der Waals surface area contributed by atoms with Gasteiger partial charge >= 0.3 is 0 Å². The second kappa shape index (κ2) is 31.4. The Kier molecular flexibility index (Phi) is 29.3. The van der Waals surface area contributed by atoms with Gasteiger partial charge in [0.1, 0.15) is 30.5 Å². The van der Waals surface area contributed by atoms with Crippen LogP contribution < -0.4 is 25.8 Å². The molecule has 0 aliphatic carbocycles. The minimum absolute atomic E-state index is 0.0522. The van der Waals surface area contributed by atoms with Crippen molar-refractivity contribution < 1.29 is 33.5 Å². The van der Waals surface area contributed by atoms with Gasteiger partial charge in [0.25, 0.3) is 12.2 Å². The second-order valence-corrected chi connectivity index (χ2v) is 13.4. The summed E-state index contributed by atoms with van der Waals surface area (Å²) in [6.45, 7) is 20.0. The van der Waals surface area contributed by atoms with Gasteiger partial charge < -0.3 is 29.2 Å². The molecule has 1 unspecified atom stereocenters. The maximum atomic E-state index is 11.2. The van der Waals surface area contributed by atoms with Gasteiger partial charge in [0.05, 0.1) is 52.5 Å². The maximum Gasteiger partial charge on any atom is 0.293 e. The van der Waals surface area contributed by atoms with Gasteiger partial charge in [0.15, 0.2) is 0 Å². The highest BCUT2D eigenvalue weighted by atomic mass is 16.6. The Morgan fingerprint density at radius 1 is 0.946 bits per heavy atom. The third kappa shape index (κ3) is 22.3. The number of nitro groups is 1. The van der Waals surface area contributed by atoms with Gasteiger partial charge in [-0.2, -0.15) is 10.5 Å². The molecule has 0 heterocycles. The van der Waals surface area contributed by atoms with E-state index in [-0.39, 0.29) is 22.5 Å². The summed E-state index contributed by atoms with van der Waals surface area (Å²) in [4.78, 5) is 42.3. The summed E-state index contributed by atoms with van der Waals surface area (Å²) in [7, 11) is 4.99. The maximum absolute atomic E-state index is 11.2. The lowest BCUT2D eigenvalue weighted by Crippen LogP contribution is -2.27. The minimum Gasteiger partial charge on any atom is -0.495 e. The van der Waals surface area contributed by atoms with Crippen LogP contribution >= 0.6 is 0 Å². The summed E-state index contributed by atoms with van der Waals surface area (Å²) < 4.78 is 15.7. The zero-order chi connectivity index (χ0) is 42.9. The minimum atomic E-state index is -0.655. The van der Waals surface area contributed by atoms with Crippen molar-refractivity contribution in [1.82, 2.24) is 0 Å². The van der Waals surface area contributed by atoms with Gasteiger partial charge in [0.2, 0.25) is 0 Å². The van der Waals surface area contributed by atoms with E-state index in [1.54, 1.807) is 33.4 Å². The van der Waals surface area contributed by atoms with Gasteiger partial charge in [-0.15, -0.1) is 6.58 Å². The Hall–Kier alpha value is -5.93. The van der Waals surface area contributed by atoms with Gasteiger partial charge in [-0.05, 0) is 62.5 Å². The zero-order valence-corrected chi connectivity index (χ0v) is 34.3. The van der Waals surface area contributed by atoms with Crippen LogP contribution in [0.15, 0.2) is 49.6 Å². The number of nitriles is 2. The van der Waals surface area contributed by atoms with Crippen molar-refractivity contribution in [2.75, 3.05) is 68.6 Å². The fourth-order valence-corrected chi connectivity index (χ4v) is 5.19. The van der Waals surface area contributed by atoms with Crippen molar-refractivity contribution in [2.24, 2.45) is 11.3 Å². The highest BCUT2D eigenvalue weighted by Gasteiger charge is 2.19. The van der Waals surface area contributed by atoms with Crippen LogP contribution in [0.5, 0.6) is 5.75 Å². The molecule has 56 heavy (non-hydrogen) atoms. The number of hydrogen-bond donors (Lipinski definition) is 3. The number of rotatable bonds is 22. The van der Waals surface area contributed by atoms with E-state index in [0.29, 0.717) is 67.4 Å². The van der Waals surface area contributed by atoms with Crippen LogP contribution in [0.25, 0.3) is 0 Å². The van der Waals surface area contributed by atoms with Gasteiger partial charge in [0, 0.05) is 58.5 Å². The van der Waals surface area contributed by atoms with Crippen molar-refractivity contribution in [2.45, 2.75) is 73.1 Å². The molecule has 0 aliphatic heterocycles. The average molecular weight is 780 g/mol. The summed E-state index contributed by atoms with van der Waals surface area (Å²) in [5.74, 6) is 1.12. The molecule has 0 saturated heterocycles. The number of nitro benzene ring substituents is 1. The monoisotopic (exact) mass is 779 g/mol. The van der Waals surface area contributed by atoms with Crippen LogP contribution in [0.3, 0.4) is 0 Å². The number of non-ortho nitro benzene ring substituents is 1. The molecule has 2 rings (SSSR count). The summed E-state index contributed by atoms with van der Waals surface area (Å²) >= 11 is 0. The second-order valence-electron chi connectivity index (χ2n) is 13.4. The van der Waals surface area contributed by atoms with Crippen molar-refractivity contribution >= 4 is 47.5 Å². The predicted molar refractivity (Wildman–Crippen MR) is 223 cm³/mol. The summed E-state index contributed by atoms with van der Waals surface area (Å²) in [6.07, 6.45) is 9.73. The Balaban J connectivity index is 0. The van der Waals surface area contributed by atoms with E-state index in [1.807, 2.05) is 25.1 Å². The molecule has 0 bridgehead atoms. The summed E-state index contributed by atoms with van der Waals surface area (Å²) in [6, 6.07) is 9.70. The lowest BCUT2D eigenvalue weighted by molar-refractivity contribution is -0.384. The lowest BCUT2D eigenvalue weighted by Gasteiger charge is -2.28. The van der Waals surface area contributed by atoms with E-state index in [9.17, 15) is 30.2 Å². The first kappa shape index (κ1) is 52.2. The highest BCUT2D eigenvalue weighted by molar-refractivity contribution is 5.81. The van der Waals surface area contributed by atoms with Crippen LogP contribution in [0.2, 0.25) is 0 Å². The van der Waals surface area contributed by atoms with Crippen molar-refractivity contribution in [3.05, 3.63) is 70.8 Å². The molecule has 15 nitrogen and oxygen atoms in total. The smallest absolute Gasteiger partial charge is 0.293 e. The standard InChI is InChI=1S/C26H33N7O6.C9H18O.C3H4O.C3H6/c1-29-22-14-24(32(8-4-6-10-37-2)9-5-7-11-39-18-34)25(38-3)15-23(22)30-31-26-19(16-27)12-21(33(35)36)13-20(26)17-28;1-8(5-6-10)7-9(2,3)4;1-2-3-4;1-3-2/h12-15,18,29-31H,4-11H2,1-3H3;6,8H,5,7H2,1-4H3;2-3H,1H2;3H,1H2,2H3. The Labute approximate surface area is 332 Å². The molecule has 0 aromatic heterocycles. The Morgan fingerprint density at radius 3 is 1.91 bits per heavy atom. The van der Waals surface area contributed by atoms with E-state index in [2.05, 4.69) is 61.9 Å². The number of unbranched alkanes of at least 4 members (excludes halogenated alkanes) is 2. The number of ether oxygens (including phenoxy) is 3. The van der Waals surface area contributed by atoms with E-state index < -0.39 is 4.92 Å². The molecule has 0 saturated carbocycles. The molecule has 2 aromatic rings. The Bertz CT molecular complexity index is 1540. The van der Waals surface area contributed by atoms with Crippen LogP contribution in [0, 0.1) is 44.1 Å². The van der Waals surface area contributed by atoms with E-state index in [0.717, 1.165) is 62.8 Å². The van der Waals surface area contributed by atoms with Crippen LogP contribution in [-0.2, 0) is 23.9 Å². The quantitative estimate of drug-likeness (QED) is 0.0257. The number of hydrazine groups is 1. The molecule has 0 fully saturated rings.